The van der Waals surface area contributed by atoms with Gasteiger partial charge in [0, 0.05) is 34.9 Å². The predicted octanol–water partition coefficient (Wildman–Crippen LogP) is 8.22. The summed E-state index contributed by atoms with van der Waals surface area (Å²) in [7, 11) is 2.13. The number of nitrogens with zero attached hydrogens (tertiary/aromatic N) is 2. The molecule has 2 nitrogen and oxygen atoms in total. The molecule has 1 heterocycles. The van der Waals surface area contributed by atoms with Gasteiger partial charge in [-0.2, -0.15) is 0 Å². The highest BCUT2D eigenvalue weighted by Crippen LogP contribution is 2.35. The standard InChI is InChI=1S/C31H24N2/c1-32(25-18-16-24(17-19-25)23-10-4-2-5-11-23)27-20-21-29-28-14-8-9-15-30(28)33(31(29)22-27)26-12-6-3-7-13-26/h2-22H,1H3. The lowest BCUT2D eigenvalue weighted by atomic mass is 10.1. The van der Waals surface area contributed by atoms with E-state index in [4.69, 9.17) is 0 Å². The molecule has 0 N–H and O–H groups in total. The maximum Gasteiger partial charge on any atom is 0.0561 e. The largest absolute Gasteiger partial charge is 0.345 e. The van der Waals surface area contributed by atoms with Crippen LogP contribution in [0.2, 0.25) is 0 Å². The molecule has 0 spiro atoms. The summed E-state index contributed by atoms with van der Waals surface area (Å²) in [6.07, 6.45) is 0. The van der Waals surface area contributed by atoms with E-state index in [1.165, 1.54) is 38.6 Å². The SMILES string of the molecule is CN(c1ccc(-c2ccccc2)cc1)c1ccc2c3ccccc3n(-c3ccccc3)c2c1. The van der Waals surface area contributed by atoms with E-state index in [0.717, 1.165) is 11.4 Å². The second kappa shape index (κ2) is 7.99. The van der Waals surface area contributed by atoms with Crippen LogP contribution in [0.3, 0.4) is 0 Å². The maximum absolute atomic E-state index is 2.36. The van der Waals surface area contributed by atoms with Gasteiger partial charge >= 0.3 is 0 Å². The molecule has 0 fully saturated rings. The van der Waals surface area contributed by atoms with Crippen molar-refractivity contribution in [1.29, 1.82) is 0 Å². The molecule has 6 aromatic rings. The number of benzene rings is 5. The minimum atomic E-state index is 1.16. The molecule has 0 bridgehead atoms. The van der Waals surface area contributed by atoms with Gasteiger partial charge < -0.3 is 9.47 Å². The fraction of sp³-hybridized carbons (Fsp3) is 0.0323. The average Bonchev–Trinajstić information content (AvgIpc) is 3.23. The van der Waals surface area contributed by atoms with E-state index in [9.17, 15) is 0 Å². The van der Waals surface area contributed by atoms with Gasteiger partial charge in [-0.3, -0.25) is 0 Å². The third-order valence-corrected chi connectivity index (χ3v) is 6.42. The third-order valence-electron chi connectivity index (χ3n) is 6.42. The van der Waals surface area contributed by atoms with Crippen LogP contribution in [-0.4, -0.2) is 11.6 Å². The molecule has 0 saturated carbocycles. The molecule has 1 aromatic heterocycles. The number of para-hydroxylation sites is 2. The van der Waals surface area contributed by atoms with Crippen molar-refractivity contribution in [3.63, 3.8) is 0 Å². The molecular weight excluding hydrogens is 400 g/mol. The monoisotopic (exact) mass is 424 g/mol. The van der Waals surface area contributed by atoms with Gasteiger partial charge in [-0.05, 0) is 53.6 Å². The zero-order valence-electron chi connectivity index (χ0n) is 18.5. The summed E-state index contributed by atoms with van der Waals surface area (Å²) in [4.78, 5) is 2.25. The van der Waals surface area contributed by atoms with E-state index >= 15 is 0 Å². The van der Waals surface area contributed by atoms with Crippen molar-refractivity contribution in [1.82, 2.24) is 4.57 Å². The van der Waals surface area contributed by atoms with Gasteiger partial charge in [0.1, 0.15) is 0 Å². The van der Waals surface area contributed by atoms with E-state index in [-0.39, 0.29) is 0 Å². The van der Waals surface area contributed by atoms with E-state index in [2.05, 4.69) is 144 Å². The molecule has 0 radical (unpaired) electrons. The topological polar surface area (TPSA) is 8.17 Å². The molecule has 6 rings (SSSR count). The summed E-state index contributed by atoms with van der Waals surface area (Å²) in [6.45, 7) is 0. The highest BCUT2D eigenvalue weighted by atomic mass is 15.1. The van der Waals surface area contributed by atoms with Crippen LogP contribution in [0, 0.1) is 0 Å². The summed E-state index contributed by atoms with van der Waals surface area (Å²) in [5, 5.41) is 2.55. The molecule has 0 amide bonds. The number of hydrogen-bond acceptors (Lipinski definition) is 1. The first-order valence-electron chi connectivity index (χ1n) is 11.3. The van der Waals surface area contributed by atoms with E-state index in [1.807, 2.05) is 0 Å². The Hall–Kier alpha value is -4.30. The fourth-order valence-corrected chi connectivity index (χ4v) is 4.68. The Bertz CT molecular complexity index is 1550. The first kappa shape index (κ1) is 19.4. The van der Waals surface area contributed by atoms with Crippen molar-refractivity contribution in [3.05, 3.63) is 127 Å². The number of rotatable bonds is 4. The van der Waals surface area contributed by atoms with Crippen LogP contribution >= 0.6 is 0 Å². The Kier molecular flexibility index (Phi) is 4.70. The fourth-order valence-electron chi connectivity index (χ4n) is 4.68. The Morgan fingerprint density at radius 3 is 1.82 bits per heavy atom. The smallest absolute Gasteiger partial charge is 0.0561 e. The van der Waals surface area contributed by atoms with Crippen LogP contribution in [0.15, 0.2) is 127 Å². The molecule has 158 valence electrons. The summed E-state index contributed by atoms with van der Waals surface area (Å²) >= 11 is 0. The lowest BCUT2D eigenvalue weighted by molar-refractivity contribution is 1.17. The molecular formula is C31H24N2. The van der Waals surface area contributed by atoms with E-state index < -0.39 is 0 Å². The molecule has 2 heteroatoms. The number of fused-ring (bicyclic) bond motifs is 3. The first-order chi connectivity index (χ1) is 16.3. The van der Waals surface area contributed by atoms with Crippen LogP contribution in [-0.2, 0) is 0 Å². The molecule has 0 aliphatic carbocycles. The highest BCUT2D eigenvalue weighted by molar-refractivity contribution is 6.10. The lowest BCUT2D eigenvalue weighted by Gasteiger charge is -2.20. The number of aromatic nitrogens is 1. The van der Waals surface area contributed by atoms with Gasteiger partial charge in [-0.15, -0.1) is 0 Å². The summed E-state index contributed by atoms with van der Waals surface area (Å²) < 4.78 is 2.36. The molecule has 0 unspecified atom stereocenters. The van der Waals surface area contributed by atoms with Crippen molar-refractivity contribution in [2.45, 2.75) is 0 Å². The Labute approximate surface area is 194 Å². The van der Waals surface area contributed by atoms with Crippen LogP contribution < -0.4 is 4.90 Å². The van der Waals surface area contributed by atoms with Crippen LogP contribution in [0.4, 0.5) is 11.4 Å². The minimum absolute atomic E-state index is 1.16. The first-order valence-corrected chi connectivity index (χ1v) is 11.3. The van der Waals surface area contributed by atoms with Crippen LogP contribution in [0.25, 0.3) is 38.6 Å². The van der Waals surface area contributed by atoms with E-state index in [0.29, 0.717) is 0 Å². The van der Waals surface area contributed by atoms with Crippen molar-refractivity contribution in [2.75, 3.05) is 11.9 Å². The Morgan fingerprint density at radius 1 is 0.485 bits per heavy atom. The van der Waals surface area contributed by atoms with Crippen LogP contribution in [0.1, 0.15) is 0 Å². The molecule has 5 aromatic carbocycles. The Morgan fingerprint density at radius 2 is 1.06 bits per heavy atom. The van der Waals surface area contributed by atoms with E-state index in [1.54, 1.807) is 0 Å². The highest BCUT2D eigenvalue weighted by Gasteiger charge is 2.14. The zero-order valence-corrected chi connectivity index (χ0v) is 18.5. The molecule has 0 aliphatic rings. The van der Waals surface area contributed by atoms with Gasteiger partial charge in [0.2, 0.25) is 0 Å². The van der Waals surface area contributed by atoms with Gasteiger partial charge in [-0.1, -0.05) is 84.9 Å². The minimum Gasteiger partial charge on any atom is -0.345 e. The summed E-state index contributed by atoms with van der Waals surface area (Å²) in [5.74, 6) is 0. The second-order valence-corrected chi connectivity index (χ2v) is 8.36. The lowest BCUT2D eigenvalue weighted by Crippen LogP contribution is -2.09. The normalized spacial score (nSPS) is 11.2. The van der Waals surface area contributed by atoms with Gasteiger partial charge in [0.05, 0.1) is 11.0 Å². The molecule has 0 saturated heterocycles. The third kappa shape index (κ3) is 3.37. The van der Waals surface area contributed by atoms with Gasteiger partial charge in [-0.25, -0.2) is 0 Å². The Balaban J connectivity index is 1.45. The van der Waals surface area contributed by atoms with Crippen molar-refractivity contribution < 1.29 is 0 Å². The van der Waals surface area contributed by atoms with Crippen molar-refractivity contribution in [2.24, 2.45) is 0 Å². The maximum atomic E-state index is 2.36. The number of anilines is 2. The molecule has 0 atom stereocenters. The van der Waals surface area contributed by atoms with Crippen molar-refractivity contribution >= 4 is 33.2 Å². The van der Waals surface area contributed by atoms with Gasteiger partial charge in [0.15, 0.2) is 0 Å². The van der Waals surface area contributed by atoms with Crippen LogP contribution in [0.5, 0.6) is 0 Å². The zero-order chi connectivity index (χ0) is 22.2. The summed E-state index contributed by atoms with van der Waals surface area (Å²) in [6, 6.07) is 45.3. The summed E-state index contributed by atoms with van der Waals surface area (Å²) in [5.41, 5.74) is 8.41. The molecule has 33 heavy (non-hydrogen) atoms. The molecule has 0 aliphatic heterocycles. The quantitative estimate of drug-likeness (QED) is 0.277. The second-order valence-electron chi connectivity index (χ2n) is 8.36. The number of hydrogen-bond donors (Lipinski definition) is 0. The van der Waals surface area contributed by atoms with Gasteiger partial charge in [0.25, 0.3) is 0 Å². The van der Waals surface area contributed by atoms with Crippen molar-refractivity contribution in [3.8, 4) is 16.8 Å². The predicted molar refractivity (Wildman–Crippen MR) is 141 cm³/mol. The average molecular weight is 425 g/mol.